The number of likely N-dealkylation sites (N-methyl/N-ethyl adjacent to an activating group) is 1. The van der Waals surface area contributed by atoms with Gasteiger partial charge in [-0.3, -0.25) is 0 Å². The molecule has 0 saturated carbocycles. The first kappa shape index (κ1) is 13.8. The van der Waals surface area contributed by atoms with Crippen molar-refractivity contribution in [2.24, 2.45) is 0 Å². The molecule has 2 aromatic carbocycles. The monoisotopic (exact) mass is 282 g/mol. The number of rotatable bonds is 5. The van der Waals surface area contributed by atoms with E-state index < -0.39 is 0 Å². The third kappa shape index (κ3) is 3.13. The Kier molecular flexibility index (Phi) is 4.00. The van der Waals surface area contributed by atoms with Crippen molar-refractivity contribution in [1.29, 1.82) is 0 Å². The minimum absolute atomic E-state index is 0.813. The fraction of sp³-hybridized carbons (Fsp3) is 0.333. The van der Waals surface area contributed by atoms with Gasteiger partial charge >= 0.3 is 0 Å². The number of ether oxygens (including phenoxy) is 1. The van der Waals surface area contributed by atoms with E-state index in [1.165, 1.54) is 16.8 Å². The molecule has 0 radical (unpaired) electrons. The molecule has 0 aromatic heterocycles. The van der Waals surface area contributed by atoms with Crippen molar-refractivity contribution in [2.75, 3.05) is 30.3 Å². The van der Waals surface area contributed by atoms with Crippen molar-refractivity contribution in [3.05, 3.63) is 53.6 Å². The van der Waals surface area contributed by atoms with Crippen LogP contribution in [-0.4, -0.2) is 19.7 Å². The summed E-state index contributed by atoms with van der Waals surface area (Å²) in [5.41, 5.74) is 10.5. The van der Waals surface area contributed by atoms with Gasteiger partial charge in [0.1, 0.15) is 5.75 Å². The minimum atomic E-state index is 0.813. The van der Waals surface area contributed by atoms with Crippen LogP contribution in [0.4, 0.5) is 11.4 Å². The highest BCUT2D eigenvalue weighted by atomic mass is 16.5. The summed E-state index contributed by atoms with van der Waals surface area (Å²) in [6.45, 7) is 5.02. The standard InChI is InChI=1S/C18H22N2O/c1-2-20(17-6-4-16(19)5-7-17)11-9-14-3-8-18-15(13-14)10-12-21-18/h3-8,13H,2,9-12,19H2,1H3. The molecule has 3 heteroatoms. The minimum Gasteiger partial charge on any atom is -0.493 e. The quantitative estimate of drug-likeness (QED) is 0.855. The van der Waals surface area contributed by atoms with Crippen molar-refractivity contribution >= 4 is 11.4 Å². The van der Waals surface area contributed by atoms with Crippen LogP contribution in [0, 0.1) is 0 Å². The smallest absolute Gasteiger partial charge is 0.122 e. The molecule has 0 saturated heterocycles. The van der Waals surface area contributed by atoms with E-state index in [4.69, 9.17) is 10.5 Å². The predicted molar refractivity (Wildman–Crippen MR) is 88.1 cm³/mol. The first-order valence-electron chi connectivity index (χ1n) is 7.61. The maximum Gasteiger partial charge on any atom is 0.122 e. The van der Waals surface area contributed by atoms with E-state index in [0.29, 0.717) is 0 Å². The number of anilines is 2. The first-order valence-corrected chi connectivity index (χ1v) is 7.61. The van der Waals surface area contributed by atoms with Gasteiger partial charge in [0.15, 0.2) is 0 Å². The second-order valence-electron chi connectivity index (χ2n) is 5.46. The molecule has 1 heterocycles. The lowest BCUT2D eigenvalue weighted by molar-refractivity contribution is 0.357. The van der Waals surface area contributed by atoms with E-state index >= 15 is 0 Å². The van der Waals surface area contributed by atoms with Crippen LogP contribution in [0.5, 0.6) is 5.75 Å². The zero-order chi connectivity index (χ0) is 14.7. The molecule has 1 aliphatic rings. The van der Waals surface area contributed by atoms with Crippen LogP contribution >= 0.6 is 0 Å². The van der Waals surface area contributed by atoms with Gasteiger partial charge in [-0.2, -0.15) is 0 Å². The van der Waals surface area contributed by atoms with Gasteiger partial charge in [-0.15, -0.1) is 0 Å². The fourth-order valence-electron chi connectivity index (χ4n) is 2.81. The molecule has 0 bridgehead atoms. The molecule has 0 fully saturated rings. The summed E-state index contributed by atoms with van der Waals surface area (Å²) in [5, 5.41) is 0. The van der Waals surface area contributed by atoms with Crippen LogP contribution in [0.1, 0.15) is 18.1 Å². The highest BCUT2D eigenvalue weighted by Gasteiger charge is 2.12. The number of nitrogens with zero attached hydrogens (tertiary/aromatic N) is 1. The number of benzene rings is 2. The highest BCUT2D eigenvalue weighted by Crippen LogP contribution is 2.26. The fourth-order valence-corrected chi connectivity index (χ4v) is 2.81. The van der Waals surface area contributed by atoms with Crippen LogP contribution in [-0.2, 0) is 12.8 Å². The largest absolute Gasteiger partial charge is 0.493 e. The van der Waals surface area contributed by atoms with E-state index in [0.717, 1.165) is 44.0 Å². The van der Waals surface area contributed by atoms with Crippen LogP contribution in [0.25, 0.3) is 0 Å². The summed E-state index contributed by atoms with van der Waals surface area (Å²) in [6, 6.07) is 14.7. The second-order valence-corrected chi connectivity index (χ2v) is 5.46. The lowest BCUT2D eigenvalue weighted by Crippen LogP contribution is -2.25. The Morgan fingerprint density at radius 2 is 1.95 bits per heavy atom. The van der Waals surface area contributed by atoms with Crippen LogP contribution in [0.3, 0.4) is 0 Å². The van der Waals surface area contributed by atoms with Gasteiger partial charge < -0.3 is 15.4 Å². The highest BCUT2D eigenvalue weighted by molar-refractivity contribution is 5.53. The lowest BCUT2D eigenvalue weighted by atomic mass is 10.1. The van der Waals surface area contributed by atoms with Gasteiger partial charge in [0.25, 0.3) is 0 Å². The Morgan fingerprint density at radius 1 is 1.14 bits per heavy atom. The van der Waals surface area contributed by atoms with Crippen molar-refractivity contribution in [2.45, 2.75) is 19.8 Å². The van der Waals surface area contributed by atoms with E-state index in [2.05, 4.69) is 42.2 Å². The van der Waals surface area contributed by atoms with E-state index in [1.807, 2.05) is 12.1 Å². The van der Waals surface area contributed by atoms with Gasteiger partial charge in [0.2, 0.25) is 0 Å². The maximum atomic E-state index is 5.75. The van der Waals surface area contributed by atoms with Gasteiger partial charge in [0, 0.05) is 30.9 Å². The summed E-state index contributed by atoms with van der Waals surface area (Å²) in [5.74, 6) is 1.06. The Labute approximate surface area is 126 Å². The number of fused-ring (bicyclic) bond motifs is 1. The molecule has 0 aliphatic carbocycles. The Bertz CT molecular complexity index is 607. The van der Waals surface area contributed by atoms with Crippen LogP contribution in [0.15, 0.2) is 42.5 Å². The topological polar surface area (TPSA) is 38.5 Å². The number of hydrogen-bond acceptors (Lipinski definition) is 3. The van der Waals surface area contributed by atoms with E-state index in [9.17, 15) is 0 Å². The summed E-state index contributed by atoms with van der Waals surface area (Å²) in [6.07, 6.45) is 2.09. The zero-order valence-electron chi connectivity index (χ0n) is 12.5. The third-order valence-electron chi connectivity index (χ3n) is 4.06. The molecule has 0 unspecified atom stereocenters. The van der Waals surface area contributed by atoms with Crippen molar-refractivity contribution < 1.29 is 4.74 Å². The molecule has 0 atom stereocenters. The Hall–Kier alpha value is -2.16. The molecular formula is C18H22N2O. The normalized spacial score (nSPS) is 12.8. The zero-order valence-corrected chi connectivity index (χ0v) is 12.5. The molecule has 21 heavy (non-hydrogen) atoms. The number of nitrogen functional groups attached to an aromatic ring is 1. The molecule has 0 spiro atoms. The van der Waals surface area contributed by atoms with Gasteiger partial charge in [-0.05, 0) is 54.8 Å². The van der Waals surface area contributed by atoms with Crippen molar-refractivity contribution in [3.63, 3.8) is 0 Å². The Morgan fingerprint density at radius 3 is 2.71 bits per heavy atom. The summed E-state index contributed by atoms with van der Waals surface area (Å²) >= 11 is 0. The number of nitrogens with two attached hydrogens (primary N) is 1. The molecule has 2 N–H and O–H groups in total. The first-order chi connectivity index (χ1) is 10.3. The Balaban J connectivity index is 1.66. The lowest BCUT2D eigenvalue weighted by Gasteiger charge is -2.23. The molecule has 2 aromatic rings. The van der Waals surface area contributed by atoms with E-state index in [1.54, 1.807) is 0 Å². The molecular weight excluding hydrogens is 260 g/mol. The molecule has 3 nitrogen and oxygen atoms in total. The van der Waals surface area contributed by atoms with Crippen LogP contribution < -0.4 is 15.4 Å². The van der Waals surface area contributed by atoms with Crippen LogP contribution in [0.2, 0.25) is 0 Å². The molecule has 1 aliphatic heterocycles. The summed E-state index contributed by atoms with van der Waals surface area (Å²) < 4.78 is 5.56. The van der Waals surface area contributed by atoms with Gasteiger partial charge in [-0.1, -0.05) is 12.1 Å². The molecule has 0 amide bonds. The predicted octanol–water partition coefficient (Wildman–Crippen LogP) is 3.27. The van der Waals surface area contributed by atoms with Crippen molar-refractivity contribution in [1.82, 2.24) is 0 Å². The average Bonchev–Trinajstić information content (AvgIpc) is 2.97. The number of hydrogen-bond donors (Lipinski definition) is 1. The SMILES string of the molecule is CCN(CCc1ccc2c(c1)CCO2)c1ccc(N)cc1. The second kappa shape index (κ2) is 6.08. The summed E-state index contributed by atoms with van der Waals surface area (Å²) in [4.78, 5) is 2.38. The third-order valence-corrected chi connectivity index (χ3v) is 4.06. The average molecular weight is 282 g/mol. The molecule has 110 valence electrons. The van der Waals surface area contributed by atoms with Gasteiger partial charge in [0.05, 0.1) is 6.61 Å². The molecule has 3 rings (SSSR count). The van der Waals surface area contributed by atoms with Gasteiger partial charge in [-0.25, -0.2) is 0 Å². The van der Waals surface area contributed by atoms with E-state index in [-0.39, 0.29) is 0 Å². The summed E-state index contributed by atoms with van der Waals surface area (Å²) in [7, 11) is 0. The maximum absolute atomic E-state index is 5.75. The van der Waals surface area contributed by atoms with Crippen molar-refractivity contribution in [3.8, 4) is 5.75 Å².